The molecule has 0 unspecified atom stereocenters. The second-order valence-electron chi connectivity index (χ2n) is 10.3. The zero-order valence-electron chi connectivity index (χ0n) is 23.0. The van der Waals surface area contributed by atoms with Gasteiger partial charge < -0.3 is 4.74 Å². The largest absolute Gasteiger partial charge is 0.423 e. The number of imide groups is 1. The number of non-ortho nitro benzene ring substituents is 1. The number of nitro benzene ring substituents is 1. The van der Waals surface area contributed by atoms with Crippen LogP contribution in [0.25, 0.3) is 0 Å². The van der Waals surface area contributed by atoms with Gasteiger partial charge in [-0.2, -0.15) is 5.01 Å². The number of benzene rings is 3. The van der Waals surface area contributed by atoms with Crippen LogP contribution in [0.4, 0.5) is 5.69 Å². The smallest absolute Gasteiger partial charge is 0.343 e. The number of ketones is 1. The van der Waals surface area contributed by atoms with Crippen LogP contribution in [0.3, 0.4) is 0 Å². The molecule has 224 valence electrons. The van der Waals surface area contributed by atoms with Gasteiger partial charge in [0.25, 0.3) is 23.4 Å². The third-order valence-electron chi connectivity index (χ3n) is 7.49. The van der Waals surface area contributed by atoms with E-state index in [2.05, 4.69) is 0 Å². The average Bonchev–Trinajstić information content (AvgIpc) is 3.27. The van der Waals surface area contributed by atoms with Crippen molar-refractivity contribution in [2.75, 3.05) is 6.54 Å². The first-order valence-electron chi connectivity index (χ1n) is 13.4. The number of fused-ring (bicyclic) bond motifs is 1. The number of ether oxygens (including phenoxy) is 1. The van der Waals surface area contributed by atoms with Crippen LogP contribution in [0.5, 0.6) is 5.75 Å². The Balaban J connectivity index is 1.37. The monoisotopic (exact) mass is 635 g/mol. The Hall–Kier alpha value is -4.87. The number of amides is 3. The summed E-state index contributed by atoms with van der Waals surface area (Å²) in [5, 5.41) is 12.7. The van der Waals surface area contributed by atoms with Gasteiger partial charge in [0, 0.05) is 23.3 Å². The van der Waals surface area contributed by atoms with Crippen LogP contribution in [-0.4, -0.2) is 51.0 Å². The lowest BCUT2D eigenvalue weighted by atomic mass is 9.78. The Kier molecular flexibility index (Phi) is 8.61. The van der Waals surface area contributed by atoms with Crippen LogP contribution < -0.4 is 4.74 Å². The Morgan fingerprint density at radius 2 is 1.57 bits per heavy atom. The summed E-state index contributed by atoms with van der Waals surface area (Å²) < 4.78 is 5.30. The average molecular weight is 636 g/mol. The predicted octanol–water partition coefficient (Wildman–Crippen LogP) is 5.56. The SMILES string of the molecule is C[C@@H]1C=CC[C@@H]2C(=O)N(N(CC(=O)c3ccc(OC(=O)c4ccc([N+](=O)[O-])cc4)cc3)C(=O)c3ccc(Cl)c(Cl)c3)C(=O)[C@H]12. The van der Waals surface area contributed by atoms with Gasteiger partial charge in [0.1, 0.15) is 12.3 Å². The van der Waals surface area contributed by atoms with Gasteiger partial charge >= 0.3 is 5.97 Å². The summed E-state index contributed by atoms with van der Waals surface area (Å²) in [5.41, 5.74) is 0.0246. The highest BCUT2D eigenvalue weighted by molar-refractivity contribution is 6.42. The number of hydrogen-bond acceptors (Lipinski definition) is 8. The number of nitrogens with zero attached hydrogens (tertiary/aromatic N) is 3. The molecule has 0 radical (unpaired) electrons. The van der Waals surface area contributed by atoms with Crippen molar-refractivity contribution in [2.24, 2.45) is 17.8 Å². The lowest BCUT2D eigenvalue weighted by Crippen LogP contribution is -2.52. The molecule has 3 aromatic carbocycles. The minimum atomic E-state index is -0.800. The van der Waals surface area contributed by atoms with E-state index in [1.807, 2.05) is 19.1 Å². The first kappa shape index (κ1) is 30.6. The van der Waals surface area contributed by atoms with Gasteiger partial charge in [0.15, 0.2) is 5.78 Å². The predicted molar refractivity (Wildman–Crippen MR) is 158 cm³/mol. The summed E-state index contributed by atoms with van der Waals surface area (Å²) in [6.07, 6.45) is 4.01. The van der Waals surface area contributed by atoms with E-state index in [0.717, 1.165) is 10.0 Å². The Labute approximate surface area is 260 Å². The molecule has 0 saturated carbocycles. The number of carbonyl (C=O) groups excluding carboxylic acids is 5. The molecule has 1 aliphatic carbocycles. The minimum absolute atomic E-state index is 0.0161. The fourth-order valence-electron chi connectivity index (χ4n) is 5.20. The van der Waals surface area contributed by atoms with Crippen molar-refractivity contribution in [1.29, 1.82) is 0 Å². The van der Waals surface area contributed by atoms with Gasteiger partial charge in [0.2, 0.25) is 0 Å². The molecule has 44 heavy (non-hydrogen) atoms. The van der Waals surface area contributed by atoms with Gasteiger partial charge in [-0.05, 0) is 66.9 Å². The molecule has 0 bridgehead atoms. The van der Waals surface area contributed by atoms with Crippen molar-refractivity contribution in [3.8, 4) is 5.75 Å². The maximum absolute atomic E-state index is 13.7. The first-order valence-corrected chi connectivity index (χ1v) is 14.1. The van der Waals surface area contributed by atoms with Crippen molar-refractivity contribution >= 4 is 58.4 Å². The van der Waals surface area contributed by atoms with Crippen molar-refractivity contribution in [1.82, 2.24) is 10.0 Å². The number of nitro groups is 1. The zero-order chi connectivity index (χ0) is 31.7. The maximum Gasteiger partial charge on any atom is 0.343 e. The second-order valence-corrected chi connectivity index (χ2v) is 11.1. The van der Waals surface area contributed by atoms with Crippen LogP contribution in [-0.2, 0) is 9.59 Å². The molecular weight excluding hydrogens is 613 g/mol. The van der Waals surface area contributed by atoms with E-state index in [1.165, 1.54) is 66.7 Å². The highest BCUT2D eigenvalue weighted by Gasteiger charge is 2.53. The molecule has 1 aliphatic heterocycles. The molecule has 5 rings (SSSR count). The topological polar surface area (TPSA) is 144 Å². The van der Waals surface area contributed by atoms with E-state index in [-0.39, 0.29) is 44.1 Å². The van der Waals surface area contributed by atoms with Crippen molar-refractivity contribution in [3.05, 3.63) is 116 Å². The molecule has 3 aromatic rings. The summed E-state index contributed by atoms with van der Waals surface area (Å²) in [6, 6.07) is 14.4. The third-order valence-corrected chi connectivity index (χ3v) is 8.22. The van der Waals surface area contributed by atoms with Gasteiger partial charge in [0.05, 0.1) is 32.4 Å². The molecule has 1 saturated heterocycles. The molecule has 3 amide bonds. The van der Waals surface area contributed by atoms with Crippen LogP contribution in [0.1, 0.15) is 44.4 Å². The number of esters is 1. The molecule has 0 spiro atoms. The van der Waals surface area contributed by atoms with Crippen LogP contribution in [0, 0.1) is 27.9 Å². The Morgan fingerprint density at radius 3 is 2.18 bits per heavy atom. The zero-order valence-corrected chi connectivity index (χ0v) is 24.5. The van der Waals surface area contributed by atoms with E-state index in [1.54, 1.807) is 0 Å². The summed E-state index contributed by atoms with van der Waals surface area (Å²) in [6.45, 7) is 1.16. The van der Waals surface area contributed by atoms with Crippen molar-refractivity contribution < 1.29 is 33.6 Å². The van der Waals surface area contributed by atoms with Gasteiger partial charge in [-0.1, -0.05) is 42.3 Å². The van der Waals surface area contributed by atoms with E-state index >= 15 is 0 Å². The molecule has 2 aliphatic rings. The quantitative estimate of drug-likeness (QED) is 0.0595. The fourth-order valence-corrected chi connectivity index (χ4v) is 5.50. The first-order chi connectivity index (χ1) is 21.0. The van der Waals surface area contributed by atoms with Crippen LogP contribution in [0.15, 0.2) is 78.9 Å². The number of carbonyl (C=O) groups is 5. The summed E-state index contributed by atoms with van der Waals surface area (Å²) >= 11 is 12.1. The number of hydrazine groups is 1. The summed E-state index contributed by atoms with van der Waals surface area (Å²) in [4.78, 5) is 76.9. The molecule has 1 fully saturated rings. The highest BCUT2D eigenvalue weighted by Crippen LogP contribution is 2.39. The maximum atomic E-state index is 13.7. The molecule has 13 heteroatoms. The number of halogens is 2. The van der Waals surface area contributed by atoms with Crippen molar-refractivity contribution in [2.45, 2.75) is 13.3 Å². The van der Waals surface area contributed by atoms with Crippen molar-refractivity contribution in [3.63, 3.8) is 0 Å². The number of allylic oxidation sites excluding steroid dienone is 2. The molecule has 0 aromatic heterocycles. The molecular formula is C31H23Cl2N3O8. The standard InChI is InChI=1S/C31H23Cl2N3O8/c1-17-3-2-4-23-27(17)30(40)35(29(23)39)34(28(38)20-9-14-24(32)25(33)15-20)16-26(37)18-7-12-22(13-8-18)44-31(41)19-5-10-21(11-6-19)36(42)43/h2-3,5-15,17,23,27H,4,16H2,1H3/t17-,23+,27-/m1/s1. The van der Waals surface area contributed by atoms with Crippen LogP contribution >= 0.6 is 23.2 Å². The Morgan fingerprint density at radius 1 is 0.932 bits per heavy atom. The van der Waals surface area contributed by atoms with Crippen LogP contribution in [0.2, 0.25) is 10.0 Å². The number of rotatable bonds is 8. The Bertz CT molecular complexity index is 1720. The minimum Gasteiger partial charge on any atom is -0.423 e. The van der Waals surface area contributed by atoms with Gasteiger partial charge in [-0.3, -0.25) is 29.3 Å². The summed E-state index contributed by atoms with van der Waals surface area (Å²) in [5.74, 6) is -4.81. The van der Waals surface area contributed by atoms with Gasteiger partial charge in [-0.15, -0.1) is 0 Å². The molecule has 0 N–H and O–H groups in total. The number of hydrogen-bond donors (Lipinski definition) is 0. The normalized spacial score (nSPS) is 19.0. The fraction of sp³-hybridized carbons (Fsp3) is 0.194. The van der Waals surface area contributed by atoms with Gasteiger partial charge in [-0.25, -0.2) is 9.80 Å². The van der Waals surface area contributed by atoms with E-state index < -0.39 is 52.8 Å². The third kappa shape index (κ3) is 5.97. The highest BCUT2D eigenvalue weighted by atomic mass is 35.5. The molecule has 11 nitrogen and oxygen atoms in total. The summed E-state index contributed by atoms with van der Waals surface area (Å²) in [7, 11) is 0. The van der Waals surface area contributed by atoms with E-state index in [9.17, 15) is 34.1 Å². The lowest BCUT2D eigenvalue weighted by Gasteiger charge is -2.30. The van der Waals surface area contributed by atoms with E-state index in [0.29, 0.717) is 6.42 Å². The lowest BCUT2D eigenvalue weighted by molar-refractivity contribution is -0.384. The number of Topliss-reactive ketones (excluding diaryl/α,β-unsaturated/α-hetero) is 1. The molecule has 1 heterocycles. The second kappa shape index (κ2) is 12.4. The molecule has 3 atom stereocenters. The van der Waals surface area contributed by atoms with E-state index in [4.69, 9.17) is 27.9 Å².